The number of aromatic nitrogens is 2. The van der Waals surface area contributed by atoms with E-state index in [1.165, 1.54) is 0 Å². The summed E-state index contributed by atoms with van der Waals surface area (Å²) in [5.74, 6) is 0.249. The first kappa shape index (κ1) is 14.5. The van der Waals surface area contributed by atoms with Gasteiger partial charge in [0.15, 0.2) is 0 Å². The summed E-state index contributed by atoms with van der Waals surface area (Å²) in [5.41, 5.74) is 1.27. The lowest BCUT2D eigenvalue weighted by Crippen LogP contribution is -2.16. The number of pyridine rings is 2. The molecule has 2 heterocycles. The standard InChI is InChI=1S/C14H15BrN4O/c1-2-6-17-12-5-8-16-9-10(12)14(20)19-13-11(15)4-3-7-18-13/h3-5,7-9H,2,6H2,1H3,(H,16,17)(H,18,19,20). The molecule has 0 aliphatic carbocycles. The zero-order chi connectivity index (χ0) is 14.4. The second-order valence-corrected chi connectivity index (χ2v) is 4.99. The summed E-state index contributed by atoms with van der Waals surface area (Å²) in [4.78, 5) is 20.4. The van der Waals surface area contributed by atoms with Crippen LogP contribution >= 0.6 is 15.9 Å². The van der Waals surface area contributed by atoms with Crippen LogP contribution in [0.2, 0.25) is 0 Å². The summed E-state index contributed by atoms with van der Waals surface area (Å²) in [6.07, 6.45) is 5.81. The Morgan fingerprint density at radius 3 is 2.95 bits per heavy atom. The Balaban J connectivity index is 2.19. The highest BCUT2D eigenvalue weighted by molar-refractivity contribution is 9.10. The van der Waals surface area contributed by atoms with Crippen LogP contribution in [0.15, 0.2) is 41.3 Å². The van der Waals surface area contributed by atoms with E-state index in [9.17, 15) is 4.79 Å². The number of hydrogen-bond acceptors (Lipinski definition) is 4. The summed E-state index contributed by atoms with van der Waals surface area (Å²) in [6, 6.07) is 5.40. The molecule has 0 radical (unpaired) electrons. The number of rotatable bonds is 5. The van der Waals surface area contributed by atoms with E-state index in [1.54, 1.807) is 30.7 Å². The van der Waals surface area contributed by atoms with Crippen molar-refractivity contribution in [1.82, 2.24) is 9.97 Å². The van der Waals surface area contributed by atoms with Crippen LogP contribution < -0.4 is 10.6 Å². The average molecular weight is 335 g/mol. The van der Waals surface area contributed by atoms with Crippen molar-refractivity contribution in [3.63, 3.8) is 0 Å². The summed E-state index contributed by atoms with van der Waals surface area (Å²) in [6.45, 7) is 2.87. The first-order valence-electron chi connectivity index (χ1n) is 6.32. The molecule has 0 aliphatic rings. The monoisotopic (exact) mass is 334 g/mol. The first-order valence-corrected chi connectivity index (χ1v) is 7.11. The molecule has 2 N–H and O–H groups in total. The molecule has 0 saturated heterocycles. The third kappa shape index (κ3) is 3.54. The van der Waals surface area contributed by atoms with Crippen LogP contribution in [-0.4, -0.2) is 22.4 Å². The molecule has 0 spiro atoms. The largest absolute Gasteiger partial charge is 0.384 e. The number of nitrogens with one attached hydrogen (secondary N) is 2. The maximum Gasteiger partial charge on any atom is 0.260 e. The quantitative estimate of drug-likeness (QED) is 0.880. The van der Waals surface area contributed by atoms with Gasteiger partial charge in [-0.1, -0.05) is 6.92 Å². The number of hydrogen-bond donors (Lipinski definition) is 2. The van der Waals surface area contributed by atoms with Crippen molar-refractivity contribution in [3.05, 3.63) is 46.8 Å². The fraction of sp³-hybridized carbons (Fsp3) is 0.214. The van der Waals surface area contributed by atoms with Gasteiger partial charge in [0.2, 0.25) is 0 Å². The Morgan fingerprint density at radius 2 is 2.20 bits per heavy atom. The topological polar surface area (TPSA) is 66.9 Å². The smallest absolute Gasteiger partial charge is 0.260 e. The lowest BCUT2D eigenvalue weighted by atomic mass is 10.2. The molecule has 2 rings (SSSR count). The molecule has 0 saturated carbocycles. The van der Waals surface area contributed by atoms with E-state index >= 15 is 0 Å². The molecule has 0 aliphatic heterocycles. The molecule has 6 heteroatoms. The van der Waals surface area contributed by atoms with Crippen LogP contribution in [0.25, 0.3) is 0 Å². The molecule has 20 heavy (non-hydrogen) atoms. The van der Waals surface area contributed by atoms with E-state index < -0.39 is 0 Å². The van der Waals surface area contributed by atoms with Crippen LogP contribution in [-0.2, 0) is 0 Å². The van der Waals surface area contributed by atoms with Gasteiger partial charge in [0.1, 0.15) is 5.82 Å². The molecule has 5 nitrogen and oxygen atoms in total. The maximum absolute atomic E-state index is 12.3. The number of anilines is 2. The molecule has 0 unspecified atom stereocenters. The minimum absolute atomic E-state index is 0.240. The zero-order valence-corrected chi connectivity index (χ0v) is 12.6. The van der Waals surface area contributed by atoms with Crippen LogP contribution in [0, 0.1) is 0 Å². The van der Waals surface area contributed by atoms with Gasteiger partial charge in [-0.3, -0.25) is 9.78 Å². The van der Waals surface area contributed by atoms with Crippen molar-refractivity contribution >= 4 is 33.3 Å². The lowest BCUT2D eigenvalue weighted by Gasteiger charge is -2.11. The molecular formula is C14H15BrN4O. The molecule has 2 aromatic rings. The Bertz CT molecular complexity index is 603. The van der Waals surface area contributed by atoms with Gasteiger partial charge in [-0.2, -0.15) is 0 Å². The van der Waals surface area contributed by atoms with Gasteiger partial charge in [-0.05, 0) is 40.5 Å². The maximum atomic E-state index is 12.3. The van der Waals surface area contributed by atoms with E-state index in [0.717, 1.165) is 23.1 Å². The highest BCUT2D eigenvalue weighted by Crippen LogP contribution is 2.21. The normalized spacial score (nSPS) is 10.1. The van der Waals surface area contributed by atoms with Gasteiger partial charge in [-0.15, -0.1) is 0 Å². The Morgan fingerprint density at radius 1 is 1.35 bits per heavy atom. The fourth-order valence-corrected chi connectivity index (χ4v) is 2.00. The van der Waals surface area contributed by atoms with Crippen molar-refractivity contribution < 1.29 is 4.79 Å². The highest BCUT2D eigenvalue weighted by atomic mass is 79.9. The first-order chi connectivity index (χ1) is 9.72. The third-order valence-electron chi connectivity index (χ3n) is 2.62. The van der Waals surface area contributed by atoms with Crippen LogP contribution in [0.3, 0.4) is 0 Å². The molecule has 0 aromatic carbocycles. The number of nitrogens with zero attached hydrogens (tertiary/aromatic N) is 2. The van der Waals surface area contributed by atoms with Crippen molar-refractivity contribution in [2.45, 2.75) is 13.3 Å². The van der Waals surface area contributed by atoms with Crippen LogP contribution in [0.5, 0.6) is 0 Å². The van der Waals surface area contributed by atoms with Crippen LogP contribution in [0.4, 0.5) is 11.5 Å². The van der Waals surface area contributed by atoms with Crippen molar-refractivity contribution in [2.75, 3.05) is 17.2 Å². The zero-order valence-electron chi connectivity index (χ0n) is 11.1. The molecule has 1 amide bonds. The summed E-state index contributed by atoms with van der Waals surface area (Å²) < 4.78 is 0.736. The SMILES string of the molecule is CCCNc1ccncc1C(=O)Nc1ncccc1Br. The molecule has 104 valence electrons. The van der Waals surface area contributed by atoms with Crippen molar-refractivity contribution in [2.24, 2.45) is 0 Å². The predicted octanol–water partition coefficient (Wildman–Crippen LogP) is 3.31. The minimum atomic E-state index is -0.240. The van der Waals surface area contributed by atoms with Gasteiger partial charge < -0.3 is 10.6 Å². The summed E-state index contributed by atoms with van der Waals surface area (Å²) in [7, 11) is 0. The number of amides is 1. The fourth-order valence-electron chi connectivity index (χ4n) is 1.64. The van der Waals surface area contributed by atoms with Gasteiger partial charge in [0.25, 0.3) is 5.91 Å². The predicted molar refractivity (Wildman–Crippen MR) is 82.9 cm³/mol. The number of carbonyl (C=O) groups excluding carboxylic acids is 1. The van der Waals surface area contributed by atoms with Gasteiger partial charge >= 0.3 is 0 Å². The van der Waals surface area contributed by atoms with Gasteiger partial charge in [-0.25, -0.2) is 4.98 Å². The van der Waals surface area contributed by atoms with Crippen molar-refractivity contribution in [3.8, 4) is 0 Å². The molecule has 0 bridgehead atoms. The summed E-state index contributed by atoms with van der Waals surface area (Å²) >= 11 is 3.35. The Labute approximate surface area is 126 Å². The Kier molecular flexibility index (Phi) is 5.06. The highest BCUT2D eigenvalue weighted by Gasteiger charge is 2.13. The van der Waals surface area contributed by atoms with Crippen LogP contribution in [0.1, 0.15) is 23.7 Å². The van der Waals surface area contributed by atoms with Gasteiger partial charge in [0.05, 0.1) is 15.7 Å². The summed E-state index contributed by atoms with van der Waals surface area (Å²) in [5, 5.41) is 5.98. The van der Waals surface area contributed by atoms with E-state index in [4.69, 9.17) is 0 Å². The van der Waals surface area contributed by atoms with E-state index in [1.807, 2.05) is 6.07 Å². The number of carbonyl (C=O) groups is 1. The number of halogens is 1. The molecule has 0 fully saturated rings. The average Bonchev–Trinajstić information content (AvgIpc) is 2.47. The van der Waals surface area contributed by atoms with E-state index in [-0.39, 0.29) is 5.91 Å². The van der Waals surface area contributed by atoms with Crippen molar-refractivity contribution in [1.29, 1.82) is 0 Å². The van der Waals surface area contributed by atoms with Gasteiger partial charge in [0, 0.05) is 25.1 Å². The second kappa shape index (κ2) is 7.00. The molecule has 0 atom stereocenters. The molecule has 2 aromatic heterocycles. The van der Waals surface area contributed by atoms with E-state index in [2.05, 4.69) is 43.5 Å². The Hall–Kier alpha value is -1.95. The lowest BCUT2D eigenvalue weighted by molar-refractivity contribution is 0.102. The van der Waals surface area contributed by atoms with E-state index in [0.29, 0.717) is 11.4 Å². The third-order valence-corrected chi connectivity index (χ3v) is 3.26. The molecular weight excluding hydrogens is 320 g/mol. The minimum Gasteiger partial charge on any atom is -0.384 e. The second-order valence-electron chi connectivity index (χ2n) is 4.14.